The molecule has 0 unspecified atom stereocenters. The van der Waals surface area contributed by atoms with E-state index in [1.54, 1.807) is 17.5 Å². The standard InChI is InChI=1S/C20H19N3OS/c1-23(2)18-10-9-15(12-21-18)22-20(24)17-11-14-8-7-13-5-3-4-6-16(13)19(14)25-17/h3-6,9-12H,7-8H2,1-2H3,(H,22,24). The van der Waals surface area contributed by atoms with Gasteiger partial charge in [-0.2, -0.15) is 0 Å². The highest BCUT2D eigenvalue weighted by Crippen LogP contribution is 2.39. The van der Waals surface area contributed by atoms with Crippen molar-refractivity contribution in [3.63, 3.8) is 0 Å². The van der Waals surface area contributed by atoms with Crippen LogP contribution in [0.15, 0.2) is 48.7 Å². The van der Waals surface area contributed by atoms with Crippen molar-refractivity contribution in [3.8, 4) is 10.4 Å². The molecule has 5 heteroatoms. The second-order valence-corrected chi connectivity index (χ2v) is 7.43. The van der Waals surface area contributed by atoms with Gasteiger partial charge in [0, 0.05) is 19.0 Å². The van der Waals surface area contributed by atoms with E-state index in [0.717, 1.165) is 23.5 Å². The lowest BCUT2D eigenvalue weighted by Gasteiger charge is -2.15. The number of hydrogen-bond acceptors (Lipinski definition) is 4. The van der Waals surface area contributed by atoms with E-state index in [2.05, 4.69) is 34.6 Å². The van der Waals surface area contributed by atoms with Crippen molar-refractivity contribution in [1.29, 1.82) is 0 Å². The first kappa shape index (κ1) is 15.8. The number of carbonyl (C=O) groups excluding carboxylic acids is 1. The molecule has 0 bridgehead atoms. The van der Waals surface area contributed by atoms with Crippen LogP contribution in [0.2, 0.25) is 0 Å². The summed E-state index contributed by atoms with van der Waals surface area (Å²) in [6.07, 6.45) is 3.72. The fourth-order valence-electron chi connectivity index (χ4n) is 3.10. The Bertz CT molecular complexity index is 928. The molecule has 1 aliphatic carbocycles. The molecule has 1 N–H and O–H groups in total. The number of hydrogen-bond donors (Lipinski definition) is 1. The highest BCUT2D eigenvalue weighted by molar-refractivity contribution is 7.17. The van der Waals surface area contributed by atoms with Crippen molar-refractivity contribution in [1.82, 2.24) is 4.98 Å². The monoisotopic (exact) mass is 349 g/mol. The highest BCUT2D eigenvalue weighted by Gasteiger charge is 2.21. The van der Waals surface area contributed by atoms with E-state index in [4.69, 9.17) is 0 Å². The van der Waals surface area contributed by atoms with Crippen LogP contribution < -0.4 is 10.2 Å². The minimum atomic E-state index is -0.0729. The van der Waals surface area contributed by atoms with Crippen LogP contribution in [-0.2, 0) is 12.8 Å². The minimum Gasteiger partial charge on any atom is -0.363 e. The van der Waals surface area contributed by atoms with E-state index in [1.165, 1.54) is 21.6 Å². The van der Waals surface area contributed by atoms with Crippen LogP contribution in [0.25, 0.3) is 10.4 Å². The van der Waals surface area contributed by atoms with Gasteiger partial charge in [0.2, 0.25) is 0 Å². The van der Waals surface area contributed by atoms with E-state index in [-0.39, 0.29) is 5.91 Å². The second kappa shape index (κ2) is 6.33. The second-order valence-electron chi connectivity index (χ2n) is 6.38. The minimum absolute atomic E-state index is 0.0729. The summed E-state index contributed by atoms with van der Waals surface area (Å²) < 4.78 is 0. The van der Waals surface area contributed by atoms with Crippen molar-refractivity contribution < 1.29 is 4.79 Å². The van der Waals surface area contributed by atoms with Crippen LogP contribution in [-0.4, -0.2) is 25.0 Å². The number of benzene rings is 1. The maximum atomic E-state index is 12.6. The number of rotatable bonds is 3. The van der Waals surface area contributed by atoms with Gasteiger partial charge in [0.1, 0.15) is 5.82 Å². The number of carbonyl (C=O) groups is 1. The number of nitrogens with zero attached hydrogens (tertiary/aromatic N) is 2. The number of nitrogens with one attached hydrogen (secondary N) is 1. The summed E-state index contributed by atoms with van der Waals surface area (Å²) in [5, 5.41) is 2.95. The lowest BCUT2D eigenvalue weighted by molar-refractivity contribution is 0.103. The molecule has 3 aromatic rings. The van der Waals surface area contributed by atoms with Gasteiger partial charge in [-0.1, -0.05) is 24.3 Å². The number of aromatic nitrogens is 1. The van der Waals surface area contributed by atoms with Crippen molar-refractivity contribution in [3.05, 3.63) is 64.7 Å². The zero-order valence-electron chi connectivity index (χ0n) is 14.2. The average molecular weight is 349 g/mol. The predicted octanol–water partition coefficient (Wildman–Crippen LogP) is 4.23. The highest BCUT2D eigenvalue weighted by atomic mass is 32.1. The average Bonchev–Trinajstić information content (AvgIpc) is 3.07. The van der Waals surface area contributed by atoms with Crippen LogP contribution in [0, 0.1) is 0 Å². The molecule has 0 aliphatic heterocycles. The summed E-state index contributed by atoms with van der Waals surface area (Å²) in [7, 11) is 3.88. The van der Waals surface area contributed by atoms with E-state index in [1.807, 2.05) is 37.2 Å². The summed E-state index contributed by atoms with van der Waals surface area (Å²) in [6.45, 7) is 0. The summed E-state index contributed by atoms with van der Waals surface area (Å²) in [5.74, 6) is 0.789. The van der Waals surface area contributed by atoms with Gasteiger partial charge in [-0.05, 0) is 47.7 Å². The van der Waals surface area contributed by atoms with E-state index >= 15 is 0 Å². The number of anilines is 2. The van der Waals surface area contributed by atoms with Crippen molar-refractivity contribution >= 4 is 28.7 Å². The van der Waals surface area contributed by atoms with Gasteiger partial charge < -0.3 is 10.2 Å². The fraction of sp³-hybridized carbons (Fsp3) is 0.200. The Morgan fingerprint density at radius 3 is 2.68 bits per heavy atom. The molecule has 4 nitrogen and oxygen atoms in total. The van der Waals surface area contributed by atoms with Crippen molar-refractivity contribution in [2.75, 3.05) is 24.3 Å². The quantitative estimate of drug-likeness (QED) is 0.770. The molecule has 0 fully saturated rings. The molecule has 126 valence electrons. The number of pyridine rings is 1. The van der Waals surface area contributed by atoms with Crippen molar-refractivity contribution in [2.45, 2.75) is 12.8 Å². The number of thiophene rings is 1. The molecule has 25 heavy (non-hydrogen) atoms. The zero-order valence-corrected chi connectivity index (χ0v) is 15.1. The molecule has 0 saturated heterocycles. The predicted molar refractivity (Wildman–Crippen MR) is 104 cm³/mol. The number of fused-ring (bicyclic) bond motifs is 3. The number of amides is 1. The van der Waals surface area contributed by atoms with E-state index in [9.17, 15) is 4.79 Å². The molecular weight excluding hydrogens is 330 g/mol. The van der Waals surface area contributed by atoms with Gasteiger partial charge in [0.05, 0.1) is 16.8 Å². The first-order valence-electron chi connectivity index (χ1n) is 8.27. The topological polar surface area (TPSA) is 45.2 Å². The van der Waals surface area contributed by atoms with Gasteiger partial charge in [0.15, 0.2) is 0 Å². The van der Waals surface area contributed by atoms with Crippen LogP contribution >= 0.6 is 11.3 Å². The SMILES string of the molecule is CN(C)c1ccc(NC(=O)c2cc3c(s2)-c2ccccc2CC3)cn1. The molecular formula is C20H19N3OS. The molecule has 0 spiro atoms. The van der Waals surface area contributed by atoms with Crippen LogP contribution in [0.3, 0.4) is 0 Å². The molecule has 2 aromatic heterocycles. The lowest BCUT2D eigenvalue weighted by atomic mass is 9.91. The summed E-state index contributed by atoms with van der Waals surface area (Å²) >= 11 is 1.57. The van der Waals surface area contributed by atoms with Crippen LogP contribution in [0.1, 0.15) is 20.8 Å². The molecule has 4 rings (SSSR count). The van der Waals surface area contributed by atoms with Gasteiger partial charge in [-0.25, -0.2) is 4.98 Å². The van der Waals surface area contributed by atoms with Crippen LogP contribution in [0.5, 0.6) is 0 Å². The van der Waals surface area contributed by atoms with Gasteiger partial charge in [0.25, 0.3) is 5.91 Å². The summed E-state index contributed by atoms with van der Waals surface area (Å²) in [4.78, 5) is 20.9. The molecule has 1 amide bonds. The third kappa shape index (κ3) is 3.03. The fourth-order valence-corrected chi connectivity index (χ4v) is 4.27. The summed E-state index contributed by atoms with van der Waals surface area (Å²) in [5.41, 5.74) is 4.62. The Hall–Kier alpha value is -2.66. The molecule has 2 heterocycles. The lowest BCUT2D eigenvalue weighted by Crippen LogP contribution is -2.12. The third-order valence-corrected chi connectivity index (χ3v) is 5.63. The molecule has 1 aliphatic rings. The Kier molecular flexibility index (Phi) is 4.01. The first-order valence-corrected chi connectivity index (χ1v) is 9.09. The Morgan fingerprint density at radius 1 is 1.12 bits per heavy atom. The molecule has 0 radical (unpaired) electrons. The largest absolute Gasteiger partial charge is 0.363 e. The van der Waals surface area contributed by atoms with Gasteiger partial charge in [-0.3, -0.25) is 4.79 Å². The van der Waals surface area contributed by atoms with Gasteiger partial charge in [-0.15, -0.1) is 11.3 Å². The van der Waals surface area contributed by atoms with Crippen molar-refractivity contribution in [2.24, 2.45) is 0 Å². The van der Waals surface area contributed by atoms with E-state index in [0.29, 0.717) is 5.69 Å². The maximum Gasteiger partial charge on any atom is 0.265 e. The maximum absolute atomic E-state index is 12.6. The third-order valence-electron chi connectivity index (χ3n) is 4.42. The van der Waals surface area contributed by atoms with Crippen LogP contribution in [0.4, 0.5) is 11.5 Å². The molecule has 0 atom stereocenters. The smallest absolute Gasteiger partial charge is 0.265 e. The molecule has 0 saturated carbocycles. The first-order chi connectivity index (χ1) is 12.1. The van der Waals surface area contributed by atoms with E-state index < -0.39 is 0 Å². The Morgan fingerprint density at radius 2 is 1.92 bits per heavy atom. The summed E-state index contributed by atoms with van der Waals surface area (Å²) in [6, 6.07) is 14.3. The Labute approximate surface area is 151 Å². The zero-order chi connectivity index (χ0) is 17.4. The Balaban J connectivity index is 1.57. The van der Waals surface area contributed by atoms with Gasteiger partial charge >= 0.3 is 0 Å². The number of aryl methyl sites for hydroxylation is 2. The molecule has 1 aromatic carbocycles. The normalized spacial score (nSPS) is 12.2.